The number of carbonyl (C=O) groups excluding carboxylic acids is 1. The molecule has 1 aliphatic rings. The van der Waals surface area contributed by atoms with Crippen LogP contribution in [0.2, 0.25) is 0 Å². The summed E-state index contributed by atoms with van der Waals surface area (Å²) in [6.45, 7) is 5.68. The lowest BCUT2D eigenvalue weighted by atomic mass is 10.1. The third-order valence-electron chi connectivity index (χ3n) is 6.69. The average Bonchev–Trinajstić information content (AvgIpc) is 3.57. The molecule has 0 N–H and O–H groups in total. The smallest absolute Gasteiger partial charge is 0.319 e. The van der Waals surface area contributed by atoms with Crippen LogP contribution in [0.3, 0.4) is 0 Å². The van der Waals surface area contributed by atoms with Crippen LogP contribution in [0.5, 0.6) is 0 Å². The van der Waals surface area contributed by atoms with Gasteiger partial charge in [-0.3, -0.25) is 4.68 Å². The maximum atomic E-state index is 12.7. The summed E-state index contributed by atoms with van der Waals surface area (Å²) in [5, 5.41) is 18.3. The monoisotopic (exact) mass is 498 g/mol. The van der Waals surface area contributed by atoms with E-state index in [4.69, 9.17) is 9.97 Å². The number of hydrogen-bond acceptors (Lipinski definition) is 7. The molecule has 0 saturated carbocycles. The molecule has 190 valence electrons. The number of piperazine rings is 1. The van der Waals surface area contributed by atoms with Gasteiger partial charge in [-0.2, -0.15) is 15.5 Å². The lowest BCUT2D eigenvalue weighted by Crippen LogP contribution is -2.52. The lowest BCUT2D eigenvalue weighted by Gasteiger charge is -2.37. The van der Waals surface area contributed by atoms with E-state index in [2.05, 4.69) is 28.1 Å². The van der Waals surface area contributed by atoms with E-state index in [1.807, 2.05) is 42.2 Å². The van der Waals surface area contributed by atoms with E-state index in [9.17, 15) is 10.1 Å². The van der Waals surface area contributed by atoms with Crippen LogP contribution in [0.15, 0.2) is 43.1 Å². The van der Waals surface area contributed by atoms with Gasteiger partial charge in [0, 0.05) is 70.3 Å². The summed E-state index contributed by atoms with van der Waals surface area (Å²) in [4.78, 5) is 28.2. The Morgan fingerprint density at radius 1 is 1.08 bits per heavy atom. The van der Waals surface area contributed by atoms with Gasteiger partial charge in [0.15, 0.2) is 0 Å². The highest BCUT2D eigenvalue weighted by molar-refractivity contribution is 5.83. The first-order chi connectivity index (χ1) is 18.0. The summed E-state index contributed by atoms with van der Waals surface area (Å²) in [6, 6.07) is 6.25. The standard InChI is InChI=1S/C26H30N10O/c1-4-5-8-32(2)26(37)35-11-9-34(10-12-35)23-7-6-19(14-28-23)24-25-20(13-27)15-30-36(25)18-22(31-24)21-16-29-33(3)17-21/h6-7,14-18H,4-5,8-12H2,1-3H3. The fourth-order valence-corrected chi connectivity index (χ4v) is 4.56. The summed E-state index contributed by atoms with van der Waals surface area (Å²) < 4.78 is 3.41. The number of urea groups is 1. The minimum Gasteiger partial charge on any atom is -0.353 e. The molecule has 1 saturated heterocycles. The zero-order valence-corrected chi connectivity index (χ0v) is 21.4. The van der Waals surface area contributed by atoms with E-state index in [1.54, 1.807) is 34.0 Å². The van der Waals surface area contributed by atoms with E-state index in [1.165, 1.54) is 0 Å². The van der Waals surface area contributed by atoms with Crippen molar-refractivity contribution >= 4 is 17.4 Å². The molecule has 4 aromatic rings. The molecule has 0 bridgehead atoms. The van der Waals surface area contributed by atoms with Crippen LogP contribution in [0.25, 0.3) is 28.0 Å². The third-order valence-corrected chi connectivity index (χ3v) is 6.69. The van der Waals surface area contributed by atoms with Crippen molar-refractivity contribution in [3.8, 4) is 28.6 Å². The zero-order valence-electron chi connectivity index (χ0n) is 21.4. The highest BCUT2D eigenvalue weighted by Crippen LogP contribution is 2.29. The summed E-state index contributed by atoms with van der Waals surface area (Å²) in [5.41, 5.74) is 4.09. The first-order valence-corrected chi connectivity index (χ1v) is 12.5. The molecule has 5 heterocycles. The Labute approximate surface area is 215 Å². The number of rotatable bonds is 6. The molecule has 37 heavy (non-hydrogen) atoms. The predicted molar refractivity (Wildman–Crippen MR) is 140 cm³/mol. The Morgan fingerprint density at radius 2 is 1.89 bits per heavy atom. The van der Waals surface area contributed by atoms with Gasteiger partial charge in [0.25, 0.3) is 0 Å². The second-order valence-electron chi connectivity index (χ2n) is 9.28. The number of nitrogens with zero attached hydrogens (tertiary/aromatic N) is 10. The number of aryl methyl sites for hydroxylation is 1. The van der Waals surface area contributed by atoms with Gasteiger partial charge in [0.05, 0.1) is 30.0 Å². The van der Waals surface area contributed by atoms with Crippen molar-refractivity contribution in [2.45, 2.75) is 19.8 Å². The average molecular weight is 499 g/mol. The molecule has 11 nitrogen and oxygen atoms in total. The molecule has 0 aromatic carbocycles. The third kappa shape index (κ3) is 4.82. The molecule has 0 aliphatic carbocycles. The molecule has 2 amide bonds. The second-order valence-corrected chi connectivity index (χ2v) is 9.28. The van der Waals surface area contributed by atoms with E-state index < -0.39 is 0 Å². The van der Waals surface area contributed by atoms with Gasteiger partial charge in [-0.1, -0.05) is 13.3 Å². The molecule has 0 radical (unpaired) electrons. The van der Waals surface area contributed by atoms with Crippen molar-refractivity contribution in [1.29, 1.82) is 5.26 Å². The molecule has 0 unspecified atom stereocenters. The second kappa shape index (κ2) is 10.3. The number of unbranched alkanes of at least 4 members (excludes halogenated alkanes) is 1. The van der Waals surface area contributed by atoms with Crippen molar-refractivity contribution in [2.75, 3.05) is 44.7 Å². The fraction of sp³-hybridized carbons (Fsp3) is 0.385. The first-order valence-electron chi connectivity index (χ1n) is 12.5. The van der Waals surface area contributed by atoms with Gasteiger partial charge in [-0.15, -0.1) is 0 Å². The SMILES string of the molecule is CCCCN(C)C(=O)N1CCN(c2ccc(-c3nc(-c4cnn(C)c4)cn4ncc(C#N)c34)cn2)CC1. The topological polar surface area (TPSA) is 111 Å². The Balaban J connectivity index is 1.37. The number of anilines is 1. The van der Waals surface area contributed by atoms with Crippen LogP contribution in [0.1, 0.15) is 25.3 Å². The highest BCUT2D eigenvalue weighted by atomic mass is 16.2. The minimum atomic E-state index is 0.0918. The van der Waals surface area contributed by atoms with Crippen LogP contribution in [0.4, 0.5) is 10.6 Å². The number of aromatic nitrogens is 6. The van der Waals surface area contributed by atoms with Crippen LogP contribution < -0.4 is 4.90 Å². The zero-order chi connectivity index (χ0) is 25.9. The van der Waals surface area contributed by atoms with Crippen molar-refractivity contribution in [2.24, 2.45) is 7.05 Å². The largest absolute Gasteiger partial charge is 0.353 e. The van der Waals surface area contributed by atoms with E-state index in [-0.39, 0.29) is 6.03 Å². The summed E-state index contributed by atoms with van der Waals surface area (Å²) in [7, 11) is 3.73. The molecule has 5 rings (SSSR count). The Kier molecular flexibility index (Phi) is 6.72. The van der Waals surface area contributed by atoms with E-state index in [0.29, 0.717) is 35.6 Å². The molecule has 1 aliphatic heterocycles. The minimum absolute atomic E-state index is 0.0918. The van der Waals surface area contributed by atoms with Gasteiger partial charge in [-0.25, -0.2) is 19.3 Å². The maximum absolute atomic E-state index is 12.7. The van der Waals surface area contributed by atoms with Gasteiger partial charge in [-0.05, 0) is 18.6 Å². The number of hydrogen-bond donors (Lipinski definition) is 0. The molecule has 0 atom stereocenters. The maximum Gasteiger partial charge on any atom is 0.319 e. The van der Waals surface area contributed by atoms with Gasteiger partial charge >= 0.3 is 6.03 Å². The molecule has 4 aromatic heterocycles. The lowest BCUT2D eigenvalue weighted by molar-refractivity contribution is 0.159. The van der Waals surface area contributed by atoms with Crippen molar-refractivity contribution in [3.05, 3.63) is 48.7 Å². The Bertz CT molecular complexity index is 1440. The van der Waals surface area contributed by atoms with Crippen LogP contribution in [-0.2, 0) is 7.05 Å². The van der Waals surface area contributed by atoms with Gasteiger partial charge in [0.1, 0.15) is 23.0 Å². The molecule has 11 heteroatoms. The molecular formula is C26H30N10O. The van der Waals surface area contributed by atoms with Crippen molar-refractivity contribution in [3.63, 3.8) is 0 Å². The van der Waals surface area contributed by atoms with Gasteiger partial charge in [0.2, 0.25) is 0 Å². The number of amides is 2. The van der Waals surface area contributed by atoms with Gasteiger partial charge < -0.3 is 14.7 Å². The van der Waals surface area contributed by atoms with Crippen molar-refractivity contribution in [1.82, 2.24) is 39.2 Å². The quantitative estimate of drug-likeness (QED) is 0.402. The van der Waals surface area contributed by atoms with Crippen LogP contribution in [0, 0.1) is 11.3 Å². The predicted octanol–water partition coefficient (Wildman–Crippen LogP) is 3.04. The fourth-order valence-electron chi connectivity index (χ4n) is 4.56. The van der Waals surface area contributed by atoms with Crippen molar-refractivity contribution < 1.29 is 4.79 Å². The molecule has 0 spiro atoms. The first kappa shape index (κ1) is 24.2. The Morgan fingerprint density at radius 3 is 2.54 bits per heavy atom. The number of carbonyl (C=O) groups is 1. The summed E-state index contributed by atoms with van der Waals surface area (Å²) in [5.74, 6) is 0.851. The highest BCUT2D eigenvalue weighted by Gasteiger charge is 2.24. The molecule has 1 fully saturated rings. The summed E-state index contributed by atoms with van der Waals surface area (Å²) >= 11 is 0. The van der Waals surface area contributed by atoms with E-state index >= 15 is 0 Å². The Hall–Kier alpha value is -4.46. The van der Waals surface area contributed by atoms with Crippen LogP contribution in [-0.4, -0.2) is 85.0 Å². The van der Waals surface area contributed by atoms with E-state index in [0.717, 1.165) is 49.4 Å². The summed E-state index contributed by atoms with van der Waals surface area (Å²) in [6.07, 6.45) is 10.9. The van der Waals surface area contributed by atoms with Crippen LogP contribution >= 0.6 is 0 Å². The number of pyridine rings is 1. The normalized spacial score (nSPS) is 13.7. The number of fused-ring (bicyclic) bond motifs is 1. The number of nitriles is 1. The molecular weight excluding hydrogens is 468 g/mol.